The Kier molecular flexibility index (Phi) is 5.52. The van der Waals surface area contributed by atoms with Crippen molar-refractivity contribution in [2.75, 3.05) is 16.0 Å². The summed E-state index contributed by atoms with van der Waals surface area (Å²) in [5.41, 5.74) is 4.09. The molecule has 7 heteroatoms. The fraction of sp³-hybridized carbons (Fsp3) is 0.150. The van der Waals surface area contributed by atoms with Crippen molar-refractivity contribution in [2.45, 2.75) is 20.8 Å². The first-order valence-corrected chi connectivity index (χ1v) is 9.22. The fourth-order valence-corrected chi connectivity index (χ4v) is 3.41. The van der Waals surface area contributed by atoms with Gasteiger partial charge < -0.3 is 10.6 Å². The monoisotopic (exact) mass is 380 g/mol. The van der Waals surface area contributed by atoms with Gasteiger partial charge in [-0.2, -0.15) is 0 Å². The maximum atomic E-state index is 12.5. The normalized spacial score (nSPS) is 10.3. The summed E-state index contributed by atoms with van der Waals surface area (Å²) in [5, 5.41) is 8.65. The van der Waals surface area contributed by atoms with Gasteiger partial charge in [-0.05, 0) is 56.2 Å². The van der Waals surface area contributed by atoms with Crippen LogP contribution in [0.3, 0.4) is 0 Å². The first kappa shape index (κ1) is 18.6. The Bertz CT molecular complexity index is 997. The lowest BCUT2D eigenvalue weighted by Gasteiger charge is -2.06. The van der Waals surface area contributed by atoms with Crippen molar-refractivity contribution in [3.8, 4) is 0 Å². The third kappa shape index (κ3) is 4.92. The van der Waals surface area contributed by atoms with Gasteiger partial charge in [0.1, 0.15) is 4.88 Å². The van der Waals surface area contributed by atoms with E-state index in [1.807, 2.05) is 56.3 Å². The van der Waals surface area contributed by atoms with Gasteiger partial charge in [0.2, 0.25) is 0 Å². The van der Waals surface area contributed by atoms with Crippen molar-refractivity contribution in [2.24, 2.45) is 0 Å². The van der Waals surface area contributed by atoms with Crippen molar-refractivity contribution in [3.05, 3.63) is 70.2 Å². The minimum Gasteiger partial charge on any atom is -0.321 e. The van der Waals surface area contributed by atoms with E-state index in [1.165, 1.54) is 0 Å². The minimum atomic E-state index is -0.403. The summed E-state index contributed by atoms with van der Waals surface area (Å²) in [5.74, 6) is -0.247. The van der Waals surface area contributed by atoms with Gasteiger partial charge in [-0.3, -0.25) is 10.1 Å². The number of urea groups is 1. The molecule has 0 spiro atoms. The Balaban J connectivity index is 1.66. The van der Waals surface area contributed by atoms with E-state index in [-0.39, 0.29) is 5.91 Å². The molecule has 0 saturated carbocycles. The van der Waals surface area contributed by atoms with Crippen LogP contribution in [0.4, 0.5) is 21.3 Å². The Hall–Kier alpha value is -3.19. The zero-order chi connectivity index (χ0) is 19.4. The summed E-state index contributed by atoms with van der Waals surface area (Å²) in [6, 6.07) is 14.7. The molecule has 1 aromatic heterocycles. The predicted molar refractivity (Wildman–Crippen MR) is 110 cm³/mol. The summed E-state index contributed by atoms with van der Waals surface area (Å²) in [4.78, 5) is 29.4. The summed E-state index contributed by atoms with van der Waals surface area (Å²) < 4.78 is 0. The highest BCUT2D eigenvalue weighted by Crippen LogP contribution is 2.24. The largest absolute Gasteiger partial charge is 0.325 e. The zero-order valence-electron chi connectivity index (χ0n) is 15.3. The quantitative estimate of drug-likeness (QED) is 0.598. The van der Waals surface area contributed by atoms with Crippen LogP contribution in [-0.2, 0) is 0 Å². The van der Waals surface area contributed by atoms with Crippen LogP contribution in [-0.4, -0.2) is 16.9 Å². The van der Waals surface area contributed by atoms with Gasteiger partial charge in [0.25, 0.3) is 5.91 Å². The second-order valence-corrected chi connectivity index (χ2v) is 7.20. The van der Waals surface area contributed by atoms with Crippen molar-refractivity contribution in [3.63, 3.8) is 0 Å². The van der Waals surface area contributed by atoms with E-state index in [4.69, 9.17) is 0 Å². The number of benzene rings is 2. The van der Waals surface area contributed by atoms with E-state index in [0.717, 1.165) is 28.2 Å². The molecule has 27 heavy (non-hydrogen) atoms. The molecule has 6 nitrogen and oxygen atoms in total. The summed E-state index contributed by atoms with van der Waals surface area (Å²) in [7, 11) is 0. The van der Waals surface area contributed by atoms with Crippen LogP contribution in [0.5, 0.6) is 0 Å². The van der Waals surface area contributed by atoms with E-state index in [0.29, 0.717) is 21.4 Å². The number of aromatic nitrogens is 1. The van der Waals surface area contributed by atoms with Crippen molar-refractivity contribution >= 4 is 39.8 Å². The van der Waals surface area contributed by atoms with E-state index in [1.54, 1.807) is 13.0 Å². The number of nitrogens with zero attached hydrogens (tertiary/aromatic N) is 1. The van der Waals surface area contributed by atoms with E-state index in [9.17, 15) is 9.59 Å². The number of carbonyl (C=O) groups is 2. The molecule has 138 valence electrons. The molecular weight excluding hydrogens is 360 g/mol. The van der Waals surface area contributed by atoms with Crippen LogP contribution in [0.25, 0.3) is 0 Å². The van der Waals surface area contributed by atoms with Crippen LogP contribution in [0.15, 0.2) is 48.5 Å². The molecule has 0 saturated heterocycles. The first-order chi connectivity index (χ1) is 12.9. The SMILES string of the molecule is Cc1cccc(NC(=O)Nc2nc(C)c(C(=O)Nc3cccc(C)c3)s2)c1. The van der Waals surface area contributed by atoms with Gasteiger partial charge in [0.05, 0.1) is 5.69 Å². The average molecular weight is 380 g/mol. The molecule has 3 rings (SSSR count). The second-order valence-electron chi connectivity index (χ2n) is 6.21. The van der Waals surface area contributed by atoms with E-state index >= 15 is 0 Å². The second kappa shape index (κ2) is 8.01. The Labute approximate surface area is 161 Å². The fourth-order valence-electron chi connectivity index (χ4n) is 2.55. The lowest BCUT2D eigenvalue weighted by Crippen LogP contribution is -2.19. The Morgan fingerprint density at radius 2 is 1.44 bits per heavy atom. The third-order valence-electron chi connectivity index (χ3n) is 3.78. The van der Waals surface area contributed by atoms with Crippen LogP contribution in [0.1, 0.15) is 26.5 Å². The Morgan fingerprint density at radius 1 is 0.852 bits per heavy atom. The number of aryl methyl sites for hydroxylation is 3. The van der Waals surface area contributed by atoms with Crippen LogP contribution < -0.4 is 16.0 Å². The Morgan fingerprint density at radius 3 is 2.04 bits per heavy atom. The number of amides is 3. The van der Waals surface area contributed by atoms with Crippen LogP contribution in [0.2, 0.25) is 0 Å². The van der Waals surface area contributed by atoms with Gasteiger partial charge in [0, 0.05) is 11.4 Å². The summed E-state index contributed by atoms with van der Waals surface area (Å²) >= 11 is 1.14. The topological polar surface area (TPSA) is 83.1 Å². The molecule has 0 atom stereocenters. The van der Waals surface area contributed by atoms with Crippen molar-refractivity contribution < 1.29 is 9.59 Å². The number of nitrogens with one attached hydrogen (secondary N) is 3. The average Bonchev–Trinajstić information content (AvgIpc) is 2.95. The molecule has 0 radical (unpaired) electrons. The number of thiazole rings is 1. The van der Waals surface area contributed by atoms with Crippen LogP contribution in [0, 0.1) is 20.8 Å². The van der Waals surface area contributed by atoms with E-state index in [2.05, 4.69) is 20.9 Å². The first-order valence-electron chi connectivity index (χ1n) is 8.41. The smallest absolute Gasteiger partial charge is 0.321 e. The van der Waals surface area contributed by atoms with Crippen molar-refractivity contribution in [1.29, 1.82) is 0 Å². The van der Waals surface area contributed by atoms with Crippen molar-refractivity contribution in [1.82, 2.24) is 4.98 Å². The molecule has 0 bridgehead atoms. The molecule has 0 aliphatic heterocycles. The van der Waals surface area contributed by atoms with Crippen LogP contribution >= 0.6 is 11.3 Å². The maximum absolute atomic E-state index is 12.5. The molecular formula is C20H20N4O2S. The molecule has 0 aliphatic carbocycles. The standard InChI is InChI=1S/C20H20N4O2S/c1-12-6-4-8-15(10-12)22-18(25)17-14(3)21-20(27-17)24-19(26)23-16-9-5-7-13(2)11-16/h4-11H,1-3H3,(H,22,25)(H2,21,23,24,26). The zero-order valence-corrected chi connectivity index (χ0v) is 16.1. The van der Waals surface area contributed by atoms with E-state index < -0.39 is 6.03 Å². The minimum absolute atomic E-state index is 0.247. The van der Waals surface area contributed by atoms with Gasteiger partial charge in [0.15, 0.2) is 5.13 Å². The highest BCUT2D eigenvalue weighted by Gasteiger charge is 2.17. The highest BCUT2D eigenvalue weighted by atomic mass is 32.1. The number of anilines is 3. The molecule has 3 amide bonds. The maximum Gasteiger partial charge on any atom is 0.325 e. The van der Waals surface area contributed by atoms with Gasteiger partial charge in [-0.15, -0.1) is 0 Å². The lowest BCUT2D eigenvalue weighted by atomic mass is 10.2. The highest BCUT2D eigenvalue weighted by molar-refractivity contribution is 7.17. The summed E-state index contributed by atoms with van der Waals surface area (Å²) in [6.07, 6.45) is 0. The number of rotatable bonds is 4. The lowest BCUT2D eigenvalue weighted by molar-refractivity contribution is 0.103. The van der Waals surface area contributed by atoms with Gasteiger partial charge in [-0.25, -0.2) is 9.78 Å². The summed E-state index contributed by atoms with van der Waals surface area (Å²) in [6.45, 7) is 5.65. The molecule has 0 aliphatic rings. The predicted octanol–water partition coefficient (Wildman–Crippen LogP) is 4.96. The molecule has 1 heterocycles. The molecule has 2 aromatic carbocycles. The van der Waals surface area contributed by atoms with Gasteiger partial charge in [-0.1, -0.05) is 35.6 Å². The molecule has 0 unspecified atom stereocenters. The number of hydrogen-bond donors (Lipinski definition) is 3. The number of hydrogen-bond acceptors (Lipinski definition) is 4. The van der Waals surface area contributed by atoms with Gasteiger partial charge >= 0.3 is 6.03 Å². The molecule has 3 N–H and O–H groups in total. The molecule has 3 aromatic rings. The third-order valence-corrected chi connectivity index (χ3v) is 4.85. The number of carbonyl (C=O) groups excluding carboxylic acids is 2. The molecule has 0 fully saturated rings.